The van der Waals surface area contributed by atoms with E-state index in [2.05, 4.69) is 0 Å². The van der Waals surface area contributed by atoms with Crippen molar-refractivity contribution in [1.82, 2.24) is 4.90 Å². The molecule has 0 atom stereocenters. The van der Waals surface area contributed by atoms with Gasteiger partial charge in [-0.05, 0) is 38.0 Å². The number of likely N-dealkylation sites (N-methyl/N-ethyl adjacent to an activating group) is 1. The molecule has 1 saturated carbocycles. The van der Waals surface area contributed by atoms with E-state index in [0.717, 1.165) is 37.8 Å². The highest BCUT2D eigenvalue weighted by atomic mass is 19.4. The van der Waals surface area contributed by atoms with Gasteiger partial charge in [-0.3, -0.25) is 4.79 Å². The van der Waals surface area contributed by atoms with Crippen molar-refractivity contribution in [3.8, 4) is 5.75 Å². The lowest BCUT2D eigenvalue weighted by Gasteiger charge is -2.33. The van der Waals surface area contributed by atoms with Crippen molar-refractivity contribution in [2.45, 2.75) is 51.2 Å². The molecule has 0 heterocycles. The topological polar surface area (TPSA) is 29.5 Å². The summed E-state index contributed by atoms with van der Waals surface area (Å²) in [4.78, 5) is 14.1. The predicted octanol–water partition coefficient (Wildman–Crippen LogP) is 4.27. The molecule has 0 N–H and O–H groups in total. The third-order valence-corrected chi connectivity index (χ3v) is 4.20. The van der Waals surface area contributed by atoms with Crippen LogP contribution in [-0.2, 0) is 11.0 Å². The quantitative estimate of drug-likeness (QED) is 0.807. The molecule has 0 aromatic heterocycles. The van der Waals surface area contributed by atoms with Gasteiger partial charge in [0.2, 0.25) is 0 Å². The van der Waals surface area contributed by atoms with Crippen molar-refractivity contribution in [3.05, 3.63) is 29.8 Å². The van der Waals surface area contributed by atoms with Crippen LogP contribution in [0, 0.1) is 0 Å². The van der Waals surface area contributed by atoms with Crippen molar-refractivity contribution < 1.29 is 22.7 Å². The number of ether oxygens (including phenoxy) is 1. The van der Waals surface area contributed by atoms with Crippen LogP contribution in [0.2, 0.25) is 0 Å². The number of benzene rings is 1. The second-order valence-corrected chi connectivity index (χ2v) is 5.79. The first-order chi connectivity index (χ1) is 10.9. The molecule has 1 aromatic carbocycles. The molecule has 0 bridgehead atoms. The van der Waals surface area contributed by atoms with Gasteiger partial charge in [-0.2, -0.15) is 13.2 Å². The molecule has 23 heavy (non-hydrogen) atoms. The monoisotopic (exact) mass is 329 g/mol. The van der Waals surface area contributed by atoms with Gasteiger partial charge >= 0.3 is 6.18 Å². The van der Waals surface area contributed by atoms with E-state index in [1.165, 1.54) is 18.6 Å². The molecule has 6 heteroatoms. The first-order valence-corrected chi connectivity index (χ1v) is 8.01. The van der Waals surface area contributed by atoms with E-state index in [0.29, 0.717) is 6.54 Å². The zero-order chi connectivity index (χ0) is 16.9. The first-order valence-electron chi connectivity index (χ1n) is 8.01. The second-order valence-electron chi connectivity index (χ2n) is 5.79. The van der Waals surface area contributed by atoms with Gasteiger partial charge in [0, 0.05) is 12.6 Å². The number of rotatable bonds is 5. The molecule has 1 aliphatic carbocycles. The Bertz CT molecular complexity index is 525. The number of carbonyl (C=O) groups excluding carboxylic acids is 1. The third kappa shape index (κ3) is 4.88. The van der Waals surface area contributed by atoms with E-state index in [1.807, 2.05) is 6.92 Å². The molecule has 1 amide bonds. The lowest BCUT2D eigenvalue weighted by molar-refractivity contribution is -0.137. The van der Waals surface area contributed by atoms with Crippen molar-refractivity contribution in [1.29, 1.82) is 0 Å². The van der Waals surface area contributed by atoms with Crippen LogP contribution in [0.25, 0.3) is 0 Å². The number of halogens is 3. The van der Waals surface area contributed by atoms with Crippen LogP contribution in [0.15, 0.2) is 24.3 Å². The molecule has 0 aliphatic heterocycles. The normalized spacial score (nSPS) is 16.2. The summed E-state index contributed by atoms with van der Waals surface area (Å²) in [5.74, 6) is -0.107. The van der Waals surface area contributed by atoms with Gasteiger partial charge in [0.1, 0.15) is 5.75 Å². The molecule has 3 nitrogen and oxygen atoms in total. The summed E-state index contributed by atoms with van der Waals surface area (Å²) < 4.78 is 43.3. The Morgan fingerprint density at radius 2 is 1.96 bits per heavy atom. The third-order valence-electron chi connectivity index (χ3n) is 4.20. The molecule has 1 fully saturated rings. The second kappa shape index (κ2) is 7.70. The molecule has 1 aromatic rings. The number of carbonyl (C=O) groups is 1. The minimum Gasteiger partial charge on any atom is -0.484 e. The van der Waals surface area contributed by atoms with Crippen LogP contribution >= 0.6 is 0 Å². The lowest BCUT2D eigenvalue weighted by Crippen LogP contribution is -2.43. The molecule has 2 rings (SSSR count). The Morgan fingerprint density at radius 1 is 1.26 bits per heavy atom. The lowest BCUT2D eigenvalue weighted by atomic mass is 9.94. The van der Waals surface area contributed by atoms with Gasteiger partial charge in [-0.25, -0.2) is 0 Å². The fourth-order valence-corrected chi connectivity index (χ4v) is 3.02. The maximum Gasteiger partial charge on any atom is 0.416 e. The highest BCUT2D eigenvalue weighted by Crippen LogP contribution is 2.31. The zero-order valence-corrected chi connectivity index (χ0v) is 13.2. The predicted molar refractivity (Wildman–Crippen MR) is 81.2 cm³/mol. The average molecular weight is 329 g/mol. The number of hydrogen-bond donors (Lipinski definition) is 0. The Kier molecular flexibility index (Phi) is 5.91. The smallest absolute Gasteiger partial charge is 0.416 e. The van der Waals surface area contributed by atoms with Crippen molar-refractivity contribution >= 4 is 5.91 Å². The number of amides is 1. The molecular formula is C17H22F3NO2. The van der Waals surface area contributed by atoms with Gasteiger partial charge in [0.15, 0.2) is 6.61 Å². The summed E-state index contributed by atoms with van der Waals surface area (Å²) in [5.41, 5.74) is -0.776. The summed E-state index contributed by atoms with van der Waals surface area (Å²) in [6, 6.07) is 4.84. The molecule has 0 spiro atoms. The Morgan fingerprint density at radius 3 is 2.57 bits per heavy atom. The molecule has 0 radical (unpaired) electrons. The Labute approximate surface area is 134 Å². The van der Waals surface area contributed by atoms with Gasteiger partial charge < -0.3 is 9.64 Å². The van der Waals surface area contributed by atoms with E-state index >= 15 is 0 Å². The van der Waals surface area contributed by atoms with E-state index in [4.69, 9.17) is 4.74 Å². The number of hydrogen-bond acceptors (Lipinski definition) is 2. The van der Waals surface area contributed by atoms with Crippen LogP contribution < -0.4 is 4.74 Å². The van der Waals surface area contributed by atoms with Crippen LogP contribution in [-0.4, -0.2) is 30.0 Å². The maximum atomic E-state index is 12.7. The van der Waals surface area contributed by atoms with E-state index in [-0.39, 0.29) is 24.3 Å². The standard InChI is InChI=1S/C17H22F3NO2/c1-2-21(14-8-4-3-5-9-14)16(22)12-23-15-10-6-7-13(11-15)17(18,19)20/h6-7,10-11,14H,2-5,8-9,12H2,1H3. The molecular weight excluding hydrogens is 307 g/mol. The highest BCUT2D eigenvalue weighted by molar-refractivity contribution is 5.78. The zero-order valence-electron chi connectivity index (χ0n) is 13.2. The van der Waals surface area contributed by atoms with Crippen molar-refractivity contribution in [3.63, 3.8) is 0 Å². The number of nitrogens with zero attached hydrogens (tertiary/aromatic N) is 1. The SMILES string of the molecule is CCN(C(=O)COc1cccc(C(F)(F)F)c1)C1CCCCC1. The maximum absolute atomic E-state index is 12.7. The molecule has 1 aliphatic rings. The van der Waals surface area contributed by atoms with Crippen LogP contribution in [0.5, 0.6) is 5.75 Å². The fourth-order valence-electron chi connectivity index (χ4n) is 3.02. The summed E-state index contributed by atoms with van der Waals surface area (Å²) in [5, 5.41) is 0. The molecule has 0 saturated heterocycles. The number of alkyl halides is 3. The summed E-state index contributed by atoms with van der Waals surface area (Å²) >= 11 is 0. The summed E-state index contributed by atoms with van der Waals surface area (Å²) in [6.45, 7) is 2.28. The minimum atomic E-state index is -4.42. The van der Waals surface area contributed by atoms with E-state index < -0.39 is 11.7 Å². The highest BCUT2D eigenvalue weighted by Gasteiger charge is 2.30. The summed E-state index contributed by atoms with van der Waals surface area (Å²) in [6.07, 6.45) is 0.988. The first kappa shape index (κ1) is 17.6. The minimum absolute atomic E-state index is 0.0628. The van der Waals surface area contributed by atoms with Gasteiger partial charge in [0.05, 0.1) is 5.56 Å². The average Bonchev–Trinajstić information content (AvgIpc) is 2.54. The largest absolute Gasteiger partial charge is 0.484 e. The van der Waals surface area contributed by atoms with Gasteiger partial charge in [-0.15, -0.1) is 0 Å². The van der Waals surface area contributed by atoms with Crippen molar-refractivity contribution in [2.24, 2.45) is 0 Å². The van der Waals surface area contributed by atoms with Crippen LogP contribution in [0.1, 0.15) is 44.6 Å². The fraction of sp³-hybridized carbons (Fsp3) is 0.588. The van der Waals surface area contributed by atoms with Crippen LogP contribution in [0.4, 0.5) is 13.2 Å². The van der Waals surface area contributed by atoms with Crippen molar-refractivity contribution in [2.75, 3.05) is 13.2 Å². The Balaban J connectivity index is 1.95. The van der Waals surface area contributed by atoms with E-state index in [1.54, 1.807) is 4.90 Å². The van der Waals surface area contributed by atoms with Gasteiger partial charge in [0.25, 0.3) is 5.91 Å². The molecule has 128 valence electrons. The van der Waals surface area contributed by atoms with Crippen LogP contribution in [0.3, 0.4) is 0 Å². The summed E-state index contributed by atoms with van der Waals surface area (Å²) in [7, 11) is 0. The Hall–Kier alpha value is -1.72. The molecule has 0 unspecified atom stereocenters. The van der Waals surface area contributed by atoms with E-state index in [9.17, 15) is 18.0 Å². The van der Waals surface area contributed by atoms with Gasteiger partial charge in [-0.1, -0.05) is 25.3 Å².